The summed E-state index contributed by atoms with van der Waals surface area (Å²) in [6.45, 7) is 0.371. The van der Waals surface area contributed by atoms with E-state index in [9.17, 15) is 4.39 Å². The minimum Gasteiger partial charge on any atom is -0.459 e. The number of aromatic nitrogens is 4. The zero-order valence-corrected chi connectivity index (χ0v) is 10.3. The number of hydrogen-bond acceptors (Lipinski definition) is 6. The maximum absolute atomic E-state index is 12.8. The van der Waals surface area contributed by atoms with Crippen LogP contribution in [-0.2, 0) is 6.54 Å². The molecule has 102 valence electrons. The van der Waals surface area contributed by atoms with E-state index in [0.29, 0.717) is 18.1 Å². The van der Waals surface area contributed by atoms with Crippen molar-refractivity contribution in [2.45, 2.75) is 6.54 Å². The van der Waals surface area contributed by atoms with Crippen LogP contribution in [-0.4, -0.2) is 20.3 Å². The lowest BCUT2D eigenvalue weighted by molar-refractivity contribution is 0.517. The van der Waals surface area contributed by atoms with Gasteiger partial charge in [-0.25, -0.2) is 4.39 Å². The SMILES string of the molecule is Nc1nnnn1NCc1ccc(-c2ccc(F)cc2)o1. The number of hydrogen-bond donors (Lipinski definition) is 2. The maximum Gasteiger partial charge on any atom is 0.260 e. The predicted molar refractivity (Wildman–Crippen MR) is 69.4 cm³/mol. The molecule has 7 nitrogen and oxygen atoms in total. The minimum atomic E-state index is -0.281. The fourth-order valence-corrected chi connectivity index (χ4v) is 1.70. The van der Waals surface area contributed by atoms with Crippen molar-refractivity contribution in [1.82, 2.24) is 20.3 Å². The second-order valence-electron chi connectivity index (χ2n) is 4.06. The van der Waals surface area contributed by atoms with E-state index in [1.807, 2.05) is 12.1 Å². The van der Waals surface area contributed by atoms with Gasteiger partial charge in [-0.05, 0) is 46.8 Å². The summed E-state index contributed by atoms with van der Waals surface area (Å²) in [5, 5.41) is 10.6. The Kier molecular flexibility index (Phi) is 3.04. The van der Waals surface area contributed by atoms with Gasteiger partial charge in [0.25, 0.3) is 5.95 Å². The van der Waals surface area contributed by atoms with E-state index >= 15 is 0 Å². The van der Waals surface area contributed by atoms with Gasteiger partial charge in [-0.2, -0.15) is 0 Å². The molecule has 1 aromatic carbocycles. The van der Waals surface area contributed by atoms with Crippen molar-refractivity contribution in [3.63, 3.8) is 0 Å². The Morgan fingerprint density at radius 2 is 2.00 bits per heavy atom. The van der Waals surface area contributed by atoms with Gasteiger partial charge in [0.2, 0.25) is 0 Å². The smallest absolute Gasteiger partial charge is 0.260 e. The van der Waals surface area contributed by atoms with Crippen molar-refractivity contribution in [2.75, 3.05) is 11.2 Å². The number of nitrogens with one attached hydrogen (secondary N) is 1. The van der Waals surface area contributed by atoms with Gasteiger partial charge in [0, 0.05) is 5.56 Å². The molecular formula is C12H11FN6O. The number of benzene rings is 1. The van der Waals surface area contributed by atoms with Crippen LogP contribution in [0.2, 0.25) is 0 Å². The third-order valence-corrected chi connectivity index (χ3v) is 2.69. The Morgan fingerprint density at radius 3 is 2.70 bits per heavy atom. The van der Waals surface area contributed by atoms with Gasteiger partial charge in [-0.15, -0.1) is 4.79 Å². The highest BCUT2D eigenvalue weighted by atomic mass is 19.1. The first-order valence-electron chi connectivity index (χ1n) is 5.85. The summed E-state index contributed by atoms with van der Waals surface area (Å²) in [7, 11) is 0. The standard InChI is InChI=1S/C12H11FN6O/c13-9-3-1-8(2-4-9)11-6-5-10(20-11)7-15-19-12(14)16-17-18-19/h1-6,15H,7H2,(H2,14,16,18). The molecule has 2 heterocycles. The molecule has 0 radical (unpaired) electrons. The van der Waals surface area contributed by atoms with Gasteiger partial charge >= 0.3 is 0 Å². The topological polar surface area (TPSA) is 94.8 Å². The summed E-state index contributed by atoms with van der Waals surface area (Å²) in [5.41, 5.74) is 9.20. The van der Waals surface area contributed by atoms with Crippen LogP contribution in [0.3, 0.4) is 0 Å². The highest BCUT2D eigenvalue weighted by molar-refractivity contribution is 5.57. The lowest BCUT2D eigenvalue weighted by atomic mass is 10.2. The Morgan fingerprint density at radius 1 is 1.20 bits per heavy atom. The molecule has 0 aliphatic carbocycles. The first-order chi connectivity index (χ1) is 9.72. The van der Waals surface area contributed by atoms with Crippen molar-refractivity contribution in [1.29, 1.82) is 0 Å². The van der Waals surface area contributed by atoms with Crippen molar-refractivity contribution in [2.24, 2.45) is 0 Å². The first kappa shape index (κ1) is 12.2. The van der Waals surface area contributed by atoms with Crippen LogP contribution in [0.4, 0.5) is 10.3 Å². The molecule has 0 bridgehead atoms. The molecule has 0 saturated carbocycles. The van der Waals surface area contributed by atoms with Crippen molar-refractivity contribution < 1.29 is 8.81 Å². The van der Waals surface area contributed by atoms with Gasteiger partial charge in [-0.1, -0.05) is 5.10 Å². The molecule has 0 saturated heterocycles. The summed E-state index contributed by atoms with van der Waals surface area (Å²) in [5.74, 6) is 1.22. The number of nitrogens with zero attached hydrogens (tertiary/aromatic N) is 4. The monoisotopic (exact) mass is 274 g/mol. The summed E-state index contributed by atoms with van der Waals surface area (Å²) in [4.78, 5) is 1.25. The number of nitrogens with two attached hydrogens (primary N) is 1. The quantitative estimate of drug-likeness (QED) is 0.746. The van der Waals surface area contributed by atoms with Crippen LogP contribution >= 0.6 is 0 Å². The average molecular weight is 274 g/mol. The molecule has 0 fully saturated rings. The fraction of sp³-hybridized carbons (Fsp3) is 0.0833. The normalized spacial score (nSPS) is 10.7. The average Bonchev–Trinajstić information content (AvgIpc) is 3.06. The highest BCUT2D eigenvalue weighted by Gasteiger charge is 2.06. The van der Waals surface area contributed by atoms with E-state index in [1.54, 1.807) is 12.1 Å². The zero-order chi connectivity index (χ0) is 13.9. The molecule has 0 atom stereocenters. The first-order valence-corrected chi connectivity index (χ1v) is 5.85. The molecular weight excluding hydrogens is 263 g/mol. The van der Waals surface area contributed by atoms with Crippen LogP contribution in [0.1, 0.15) is 5.76 Å². The Bertz CT molecular complexity index is 705. The van der Waals surface area contributed by atoms with Gasteiger partial charge in [0.05, 0.1) is 6.54 Å². The summed E-state index contributed by atoms with van der Waals surface area (Å²) < 4.78 is 18.5. The second-order valence-corrected chi connectivity index (χ2v) is 4.06. The van der Waals surface area contributed by atoms with Crippen LogP contribution in [0.5, 0.6) is 0 Å². The summed E-state index contributed by atoms with van der Waals surface area (Å²) in [6.07, 6.45) is 0. The Hall–Kier alpha value is -2.90. The van der Waals surface area contributed by atoms with Crippen molar-refractivity contribution in [3.8, 4) is 11.3 Å². The molecule has 0 unspecified atom stereocenters. The summed E-state index contributed by atoms with van der Waals surface area (Å²) >= 11 is 0. The molecule has 8 heteroatoms. The number of tetrazole rings is 1. The van der Waals surface area contributed by atoms with Gasteiger partial charge in [0.1, 0.15) is 17.3 Å². The molecule has 2 aromatic heterocycles. The molecule has 0 spiro atoms. The van der Waals surface area contributed by atoms with Crippen molar-refractivity contribution in [3.05, 3.63) is 48.0 Å². The van der Waals surface area contributed by atoms with E-state index in [-0.39, 0.29) is 11.8 Å². The Labute approximate surface area is 113 Å². The van der Waals surface area contributed by atoms with E-state index < -0.39 is 0 Å². The molecule has 3 N–H and O–H groups in total. The number of halogens is 1. The molecule has 20 heavy (non-hydrogen) atoms. The van der Waals surface area contributed by atoms with E-state index in [2.05, 4.69) is 21.0 Å². The Balaban J connectivity index is 1.71. The third-order valence-electron chi connectivity index (χ3n) is 2.69. The number of rotatable bonds is 4. The molecule has 0 aliphatic rings. The molecule has 0 amide bonds. The summed E-state index contributed by atoms with van der Waals surface area (Å²) in [6, 6.07) is 9.71. The van der Waals surface area contributed by atoms with Crippen LogP contribution < -0.4 is 11.2 Å². The zero-order valence-electron chi connectivity index (χ0n) is 10.3. The van der Waals surface area contributed by atoms with Crippen molar-refractivity contribution >= 4 is 5.95 Å². The molecule has 3 rings (SSSR count). The third kappa shape index (κ3) is 2.44. The lowest BCUT2D eigenvalue weighted by Crippen LogP contribution is -2.18. The molecule has 0 aliphatic heterocycles. The highest BCUT2D eigenvalue weighted by Crippen LogP contribution is 2.22. The van der Waals surface area contributed by atoms with Gasteiger partial charge in [-0.3, -0.25) is 5.43 Å². The molecule has 3 aromatic rings. The van der Waals surface area contributed by atoms with E-state index in [4.69, 9.17) is 10.2 Å². The minimum absolute atomic E-state index is 0.162. The predicted octanol–water partition coefficient (Wildman–Crippen LogP) is 1.40. The lowest BCUT2D eigenvalue weighted by Gasteiger charge is -2.03. The fourth-order valence-electron chi connectivity index (χ4n) is 1.70. The van der Waals surface area contributed by atoms with E-state index in [0.717, 1.165) is 5.56 Å². The largest absolute Gasteiger partial charge is 0.459 e. The van der Waals surface area contributed by atoms with Crippen LogP contribution in [0.25, 0.3) is 11.3 Å². The maximum atomic E-state index is 12.8. The number of anilines is 1. The van der Waals surface area contributed by atoms with Gasteiger partial charge < -0.3 is 10.2 Å². The number of nitrogen functional groups attached to an aromatic ring is 1. The van der Waals surface area contributed by atoms with E-state index in [1.165, 1.54) is 16.9 Å². The number of furan rings is 1. The van der Waals surface area contributed by atoms with Crippen LogP contribution in [0.15, 0.2) is 40.8 Å². The second kappa shape index (κ2) is 5.00. The van der Waals surface area contributed by atoms with Crippen LogP contribution in [0, 0.1) is 5.82 Å². The van der Waals surface area contributed by atoms with Gasteiger partial charge in [0.15, 0.2) is 0 Å².